The van der Waals surface area contributed by atoms with Gasteiger partial charge in [-0.15, -0.1) is 0 Å². The Hall–Kier alpha value is -1.88. The van der Waals surface area contributed by atoms with E-state index in [-0.39, 0.29) is 6.42 Å². The molecule has 0 spiro atoms. The standard InChI is InChI=1S/C13H17N3O2/c1-2-16(8-7-13(17)18)9-12-14-10-5-3-4-6-11(10)15-12/h3-6H,2,7-9H2,1H3,(H,14,15)(H,17,18). The molecule has 1 heterocycles. The van der Waals surface area contributed by atoms with Gasteiger partial charge in [-0.05, 0) is 18.7 Å². The van der Waals surface area contributed by atoms with Crippen molar-refractivity contribution in [3.05, 3.63) is 30.1 Å². The average molecular weight is 247 g/mol. The summed E-state index contributed by atoms with van der Waals surface area (Å²) in [5, 5.41) is 8.69. The number of aliphatic carboxylic acids is 1. The highest BCUT2D eigenvalue weighted by Gasteiger charge is 2.09. The number of nitrogens with one attached hydrogen (secondary N) is 1. The summed E-state index contributed by atoms with van der Waals surface area (Å²) in [4.78, 5) is 20.4. The van der Waals surface area contributed by atoms with E-state index in [9.17, 15) is 4.79 Å². The summed E-state index contributed by atoms with van der Waals surface area (Å²) in [5.74, 6) is 0.112. The zero-order valence-corrected chi connectivity index (χ0v) is 10.4. The Morgan fingerprint density at radius 1 is 1.44 bits per heavy atom. The maximum absolute atomic E-state index is 10.6. The monoisotopic (exact) mass is 247 g/mol. The number of benzene rings is 1. The van der Waals surface area contributed by atoms with Crippen LogP contribution in [0.25, 0.3) is 11.0 Å². The smallest absolute Gasteiger partial charge is 0.304 e. The van der Waals surface area contributed by atoms with Gasteiger partial charge in [0.15, 0.2) is 0 Å². The normalized spacial score (nSPS) is 11.2. The molecule has 0 atom stereocenters. The summed E-state index contributed by atoms with van der Waals surface area (Å²) in [7, 11) is 0. The summed E-state index contributed by atoms with van der Waals surface area (Å²) in [5.41, 5.74) is 1.96. The molecule has 1 aromatic carbocycles. The molecule has 1 aromatic heterocycles. The predicted molar refractivity (Wildman–Crippen MR) is 69.3 cm³/mol. The van der Waals surface area contributed by atoms with E-state index in [0.29, 0.717) is 13.1 Å². The second-order valence-corrected chi connectivity index (χ2v) is 4.21. The first-order chi connectivity index (χ1) is 8.69. The van der Waals surface area contributed by atoms with Gasteiger partial charge in [-0.2, -0.15) is 0 Å². The number of carboxylic acids is 1. The maximum Gasteiger partial charge on any atom is 0.304 e. The number of fused-ring (bicyclic) bond motifs is 1. The van der Waals surface area contributed by atoms with Crippen LogP contribution in [0.1, 0.15) is 19.2 Å². The zero-order chi connectivity index (χ0) is 13.0. The Bertz CT molecular complexity index is 503. The van der Waals surface area contributed by atoms with Crippen LogP contribution in [0, 0.1) is 0 Å². The molecule has 0 saturated heterocycles. The fourth-order valence-corrected chi connectivity index (χ4v) is 1.90. The first-order valence-corrected chi connectivity index (χ1v) is 6.07. The van der Waals surface area contributed by atoms with Crippen LogP contribution in [0.2, 0.25) is 0 Å². The lowest BCUT2D eigenvalue weighted by Gasteiger charge is -2.17. The van der Waals surface area contributed by atoms with Gasteiger partial charge < -0.3 is 10.1 Å². The van der Waals surface area contributed by atoms with Crippen molar-refractivity contribution in [2.75, 3.05) is 13.1 Å². The highest BCUT2D eigenvalue weighted by Crippen LogP contribution is 2.11. The third kappa shape index (κ3) is 3.07. The van der Waals surface area contributed by atoms with E-state index < -0.39 is 5.97 Å². The van der Waals surface area contributed by atoms with Gasteiger partial charge >= 0.3 is 5.97 Å². The molecule has 0 saturated carbocycles. The topological polar surface area (TPSA) is 69.2 Å². The fourth-order valence-electron chi connectivity index (χ4n) is 1.90. The second-order valence-electron chi connectivity index (χ2n) is 4.21. The maximum atomic E-state index is 10.6. The summed E-state index contributed by atoms with van der Waals surface area (Å²) in [6.07, 6.45) is 0.161. The number of aromatic nitrogens is 2. The number of carboxylic acid groups (broad SMARTS) is 1. The quantitative estimate of drug-likeness (QED) is 0.817. The van der Waals surface area contributed by atoms with Gasteiger partial charge in [-0.1, -0.05) is 19.1 Å². The Balaban J connectivity index is 2.04. The first-order valence-electron chi connectivity index (χ1n) is 6.07. The number of hydrogen-bond donors (Lipinski definition) is 2. The number of rotatable bonds is 6. The van der Waals surface area contributed by atoms with Crippen molar-refractivity contribution >= 4 is 17.0 Å². The summed E-state index contributed by atoms with van der Waals surface area (Å²) in [6, 6.07) is 7.86. The van der Waals surface area contributed by atoms with E-state index in [0.717, 1.165) is 23.4 Å². The van der Waals surface area contributed by atoms with Crippen LogP contribution in [0.5, 0.6) is 0 Å². The molecule has 96 valence electrons. The Kier molecular flexibility index (Phi) is 3.94. The molecule has 18 heavy (non-hydrogen) atoms. The van der Waals surface area contributed by atoms with E-state index >= 15 is 0 Å². The zero-order valence-electron chi connectivity index (χ0n) is 10.4. The van der Waals surface area contributed by atoms with E-state index in [1.54, 1.807) is 0 Å². The van der Waals surface area contributed by atoms with Crippen molar-refractivity contribution in [3.63, 3.8) is 0 Å². The Morgan fingerprint density at radius 2 is 2.22 bits per heavy atom. The van der Waals surface area contributed by atoms with Gasteiger partial charge in [-0.25, -0.2) is 4.98 Å². The molecule has 0 unspecified atom stereocenters. The number of carbonyl (C=O) groups is 1. The van der Waals surface area contributed by atoms with Crippen molar-refractivity contribution < 1.29 is 9.90 Å². The van der Waals surface area contributed by atoms with Crippen LogP contribution in [0.4, 0.5) is 0 Å². The first kappa shape index (κ1) is 12.6. The van der Waals surface area contributed by atoms with Gasteiger partial charge in [0, 0.05) is 6.54 Å². The molecule has 2 rings (SSSR count). The Labute approximate surface area is 105 Å². The molecular formula is C13H17N3O2. The molecule has 2 aromatic rings. The third-order valence-corrected chi connectivity index (χ3v) is 2.90. The van der Waals surface area contributed by atoms with Gasteiger partial charge in [0.05, 0.1) is 24.0 Å². The molecule has 0 bridgehead atoms. The predicted octanol–water partition coefficient (Wildman–Crippen LogP) is 1.86. The van der Waals surface area contributed by atoms with Crippen molar-refractivity contribution in [1.82, 2.24) is 14.9 Å². The minimum absolute atomic E-state index is 0.161. The summed E-state index contributed by atoms with van der Waals surface area (Å²) >= 11 is 0. The number of para-hydroxylation sites is 2. The average Bonchev–Trinajstić information content (AvgIpc) is 2.76. The van der Waals surface area contributed by atoms with E-state index in [1.807, 2.05) is 31.2 Å². The van der Waals surface area contributed by atoms with Crippen molar-refractivity contribution in [3.8, 4) is 0 Å². The van der Waals surface area contributed by atoms with Crippen LogP contribution >= 0.6 is 0 Å². The lowest BCUT2D eigenvalue weighted by molar-refractivity contribution is -0.137. The van der Waals surface area contributed by atoms with Gasteiger partial charge in [0.1, 0.15) is 5.82 Å². The van der Waals surface area contributed by atoms with Crippen LogP contribution < -0.4 is 0 Å². The number of aromatic amines is 1. The van der Waals surface area contributed by atoms with Crippen molar-refractivity contribution in [1.29, 1.82) is 0 Å². The lowest BCUT2D eigenvalue weighted by atomic mass is 10.3. The molecular weight excluding hydrogens is 230 g/mol. The van der Waals surface area contributed by atoms with Gasteiger partial charge in [0.25, 0.3) is 0 Å². The number of H-pyrrole nitrogens is 1. The second kappa shape index (κ2) is 5.64. The largest absolute Gasteiger partial charge is 0.481 e. The SMILES string of the molecule is CCN(CCC(=O)O)Cc1nc2ccccc2[nH]1. The van der Waals surface area contributed by atoms with Gasteiger partial charge in [0.2, 0.25) is 0 Å². The van der Waals surface area contributed by atoms with E-state index in [2.05, 4.69) is 14.9 Å². The molecule has 2 N–H and O–H groups in total. The number of nitrogens with zero attached hydrogens (tertiary/aromatic N) is 2. The molecule has 0 radical (unpaired) electrons. The highest BCUT2D eigenvalue weighted by atomic mass is 16.4. The van der Waals surface area contributed by atoms with Crippen molar-refractivity contribution in [2.45, 2.75) is 19.9 Å². The van der Waals surface area contributed by atoms with E-state index in [1.165, 1.54) is 0 Å². The lowest BCUT2D eigenvalue weighted by Crippen LogP contribution is -2.26. The van der Waals surface area contributed by atoms with Crippen LogP contribution in [-0.4, -0.2) is 39.0 Å². The summed E-state index contributed by atoms with van der Waals surface area (Å²) < 4.78 is 0. The number of hydrogen-bond acceptors (Lipinski definition) is 3. The Morgan fingerprint density at radius 3 is 2.89 bits per heavy atom. The molecule has 0 fully saturated rings. The molecule has 5 heteroatoms. The highest BCUT2D eigenvalue weighted by molar-refractivity contribution is 5.74. The minimum Gasteiger partial charge on any atom is -0.481 e. The summed E-state index contributed by atoms with van der Waals surface area (Å²) in [6.45, 7) is 4.02. The third-order valence-electron chi connectivity index (χ3n) is 2.90. The van der Waals surface area contributed by atoms with Crippen LogP contribution in [0.15, 0.2) is 24.3 Å². The van der Waals surface area contributed by atoms with Crippen molar-refractivity contribution in [2.24, 2.45) is 0 Å². The molecule has 0 aliphatic rings. The van der Waals surface area contributed by atoms with E-state index in [4.69, 9.17) is 5.11 Å². The minimum atomic E-state index is -0.766. The molecule has 5 nitrogen and oxygen atoms in total. The fraction of sp³-hybridized carbons (Fsp3) is 0.385. The van der Waals surface area contributed by atoms with Crippen LogP contribution in [-0.2, 0) is 11.3 Å². The number of imidazole rings is 1. The molecule has 0 aliphatic carbocycles. The molecule has 0 amide bonds. The van der Waals surface area contributed by atoms with Gasteiger partial charge in [-0.3, -0.25) is 9.69 Å². The molecule has 0 aliphatic heterocycles. The van der Waals surface area contributed by atoms with Crippen LogP contribution in [0.3, 0.4) is 0 Å².